The van der Waals surface area contributed by atoms with E-state index in [1.165, 1.54) is 0 Å². The van der Waals surface area contributed by atoms with Crippen molar-refractivity contribution in [3.63, 3.8) is 0 Å². The Hall–Kier alpha value is -1.10. The van der Waals surface area contributed by atoms with Crippen LogP contribution in [-0.2, 0) is 19.1 Å². The number of ether oxygens (including phenoxy) is 2. The lowest BCUT2D eigenvalue weighted by atomic mass is 9.96. The molecule has 0 aliphatic carbocycles. The van der Waals surface area contributed by atoms with E-state index in [9.17, 15) is 14.7 Å². The predicted molar refractivity (Wildman–Crippen MR) is 82.8 cm³/mol. The average molecular weight is 314 g/mol. The summed E-state index contributed by atoms with van der Waals surface area (Å²) in [7, 11) is 0. The maximum atomic E-state index is 11.9. The summed E-state index contributed by atoms with van der Waals surface area (Å²) >= 11 is 0. The number of aliphatic hydroxyl groups is 1. The Morgan fingerprint density at radius 2 is 1.50 bits per heavy atom. The average Bonchev–Trinajstić information content (AvgIpc) is 2.45. The van der Waals surface area contributed by atoms with Crippen LogP contribution >= 0.6 is 0 Å². The summed E-state index contributed by atoms with van der Waals surface area (Å²) in [4.78, 5) is 23.9. The van der Waals surface area contributed by atoms with Crippen LogP contribution in [0.5, 0.6) is 0 Å². The first kappa shape index (κ1) is 18.9. The molecule has 1 saturated heterocycles. The normalized spacial score (nSPS) is 22.0. The number of carbonyl (C=O) groups excluding carboxylic acids is 2. The van der Waals surface area contributed by atoms with Crippen molar-refractivity contribution in [1.82, 2.24) is 0 Å². The molecule has 0 bridgehead atoms. The van der Waals surface area contributed by atoms with Crippen molar-refractivity contribution >= 4 is 11.9 Å². The maximum absolute atomic E-state index is 11.9. The summed E-state index contributed by atoms with van der Waals surface area (Å²) in [5, 5.41) is 10.7. The second-order valence-corrected chi connectivity index (χ2v) is 6.09. The van der Waals surface area contributed by atoms with E-state index in [1.54, 1.807) is 0 Å². The zero-order chi connectivity index (χ0) is 16.4. The Morgan fingerprint density at radius 1 is 1.00 bits per heavy atom. The largest absolute Gasteiger partial charge is 0.398 e. The number of carbonyl (C=O) groups is 2. The lowest BCUT2D eigenvalue weighted by Gasteiger charge is -2.33. The summed E-state index contributed by atoms with van der Waals surface area (Å²) in [6.07, 6.45) is 7.97. The molecule has 0 aromatic carbocycles. The van der Waals surface area contributed by atoms with E-state index in [0.29, 0.717) is 12.8 Å². The van der Waals surface area contributed by atoms with Crippen LogP contribution in [0.25, 0.3) is 0 Å². The molecule has 1 fully saturated rings. The number of hydrogen-bond donors (Lipinski definition) is 1. The lowest BCUT2D eigenvalue weighted by Crippen LogP contribution is -2.46. The predicted octanol–water partition coefficient (Wildman–Crippen LogP) is 3.68. The highest BCUT2D eigenvalue weighted by Gasteiger charge is 2.43. The van der Waals surface area contributed by atoms with E-state index < -0.39 is 17.9 Å². The van der Waals surface area contributed by atoms with E-state index >= 15 is 0 Å². The SMILES string of the molecule is CCCCC(CC)C1(O)OC(=O)CCCCCCCC(=O)O1. The Labute approximate surface area is 133 Å². The maximum Gasteiger partial charge on any atom is 0.376 e. The molecule has 128 valence electrons. The summed E-state index contributed by atoms with van der Waals surface area (Å²) < 4.78 is 10.4. The van der Waals surface area contributed by atoms with Crippen LogP contribution < -0.4 is 0 Å². The number of esters is 2. The monoisotopic (exact) mass is 314 g/mol. The summed E-state index contributed by atoms with van der Waals surface area (Å²) in [6.45, 7) is 3.95. The van der Waals surface area contributed by atoms with Crippen molar-refractivity contribution in [2.45, 2.75) is 90.4 Å². The van der Waals surface area contributed by atoms with Gasteiger partial charge < -0.3 is 14.6 Å². The highest BCUT2D eigenvalue weighted by Crippen LogP contribution is 2.30. The van der Waals surface area contributed by atoms with Gasteiger partial charge in [-0.15, -0.1) is 0 Å². The van der Waals surface area contributed by atoms with Gasteiger partial charge in [0.1, 0.15) is 0 Å². The minimum absolute atomic E-state index is 0.254. The van der Waals surface area contributed by atoms with Gasteiger partial charge in [-0.3, -0.25) is 9.59 Å². The van der Waals surface area contributed by atoms with Crippen molar-refractivity contribution in [2.75, 3.05) is 0 Å². The molecule has 0 amide bonds. The molecule has 0 saturated carbocycles. The zero-order valence-corrected chi connectivity index (χ0v) is 13.9. The molecule has 0 aromatic heterocycles. The standard InChI is InChI=1S/C17H30O5/c1-3-5-11-14(4-2)17(20)21-15(18)12-9-7-6-8-10-13-16(19)22-17/h14,20H,3-13H2,1-2H3. The molecular formula is C17H30O5. The molecule has 1 atom stereocenters. The van der Waals surface area contributed by atoms with Crippen molar-refractivity contribution in [3.8, 4) is 0 Å². The van der Waals surface area contributed by atoms with E-state index in [-0.39, 0.29) is 18.8 Å². The van der Waals surface area contributed by atoms with Gasteiger partial charge in [0.05, 0.1) is 5.92 Å². The van der Waals surface area contributed by atoms with Crippen LogP contribution in [0.15, 0.2) is 0 Å². The third kappa shape index (κ3) is 6.34. The molecule has 0 aromatic rings. The van der Waals surface area contributed by atoms with Gasteiger partial charge in [0, 0.05) is 12.8 Å². The van der Waals surface area contributed by atoms with Gasteiger partial charge in [0.15, 0.2) is 0 Å². The molecule has 1 aliphatic rings. The fourth-order valence-electron chi connectivity index (χ4n) is 2.78. The Morgan fingerprint density at radius 3 is 1.95 bits per heavy atom. The van der Waals surface area contributed by atoms with Crippen molar-refractivity contribution < 1.29 is 24.2 Å². The molecule has 5 heteroatoms. The van der Waals surface area contributed by atoms with Crippen LogP contribution in [0.3, 0.4) is 0 Å². The van der Waals surface area contributed by atoms with Crippen LogP contribution in [0, 0.1) is 5.92 Å². The minimum Gasteiger partial charge on any atom is -0.398 e. The molecular weight excluding hydrogens is 284 g/mol. The second-order valence-electron chi connectivity index (χ2n) is 6.09. The number of cyclic esters (lactones) is 2. The highest BCUT2D eigenvalue weighted by atomic mass is 16.8. The lowest BCUT2D eigenvalue weighted by molar-refractivity contribution is -0.351. The Balaban J connectivity index is 2.84. The summed E-state index contributed by atoms with van der Waals surface area (Å²) in [5.41, 5.74) is 0. The molecule has 0 radical (unpaired) electrons. The van der Waals surface area contributed by atoms with Crippen molar-refractivity contribution in [2.24, 2.45) is 5.92 Å². The molecule has 0 spiro atoms. The quantitative estimate of drug-likeness (QED) is 0.784. The fourth-order valence-corrected chi connectivity index (χ4v) is 2.78. The van der Waals surface area contributed by atoms with Gasteiger partial charge in [0.25, 0.3) is 0 Å². The van der Waals surface area contributed by atoms with Crippen LogP contribution in [0.4, 0.5) is 0 Å². The third-order valence-electron chi connectivity index (χ3n) is 4.20. The molecule has 1 unspecified atom stereocenters. The first-order valence-electron chi connectivity index (χ1n) is 8.67. The first-order chi connectivity index (χ1) is 10.5. The van der Waals surface area contributed by atoms with E-state index in [4.69, 9.17) is 9.47 Å². The number of unbranched alkanes of at least 4 members (excludes halogenated alkanes) is 1. The fraction of sp³-hybridized carbons (Fsp3) is 0.882. The molecule has 1 rings (SSSR count). The van der Waals surface area contributed by atoms with Crippen molar-refractivity contribution in [1.29, 1.82) is 0 Å². The van der Waals surface area contributed by atoms with E-state index in [1.807, 2.05) is 6.92 Å². The van der Waals surface area contributed by atoms with Gasteiger partial charge >= 0.3 is 17.9 Å². The third-order valence-corrected chi connectivity index (χ3v) is 4.20. The molecule has 1 heterocycles. The van der Waals surface area contributed by atoms with Gasteiger partial charge in [-0.05, 0) is 25.7 Å². The Bertz CT molecular complexity index is 331. The highest BCUT2D eigenvalue weighted by molar-refractivity contribution is 5.71. The van der Waals surface area contributed by atoms with Crippen LogP contribution in [-0.4, -0.2) is 23.0 Å². The van der Waals surface area contributed by atoms with E-state index in [0.717, 1.165) is 44.9 Å². The van der Waals surface area contributed by atoms with Crippen molar-refractivity contribution in [3.05, 3.63) is 0 Å². The van der Waals surface area contributed by atoms with E-state index in [2.05, 4.69) is 6.92 Å². The molecule has 22 heavy (non-hydrogen) atoms. The second kappa shape index (κ2) is 9.82. The first-order valence-corrected chi connectivity index (χ1v) is 8.67. The van der Waals surface area contributed by atoms with Gasteiger partial charge in [-0.2, -0.15) is 0 Å². The van der Waals surface area contributed by atoms with Crippen LogP contribution in [0.1, 0.15) is 84.5 Å². The van der Waals surface area contributed by atoms with Gasteiger partial charge in [0.2, 0.25) is 0 Å². The molecule has 5 nitrogen and oxygen atoms in total. The number of hydrogen-bond acceptors (Lipinski definition) is 5. The Kier molecular flexibility index (Phi) is 8.46. The van der Waals surface area contributed by atoms with Gasteiger partial charge in [-0.1, -0.05) is 46.0 Å². The van der Waals surface area contributed by atoms with Gasteiger partial charge in [-0.25, -0.2) is 0 Å². The molecule has 1 N–H and O–H groups in total. The van der Waals surface area contributed by atoms with Crippen LogP contribution in [0.2, 0.25) is 0 Å². The number of rotatable bonds is 5. The molecule has 1 aliphatic heterocycles. The summed E-state index contributed by atoms with van der Waals surface area (Å²) in [5.74, 6) is -3.49. The smallest absolute Gasteiger partial charge is 0.376 e. The topological polar surface area (TPSA) is 72.8 Å². The summed E-state index contributed by atoms with van der Waals surface area (Å²) in [6, 6.07) is 0. The minimum atomic E-state index is -2.11. The zero-order valence-electron chi connectivity index (χ0n) is 13.9.